The fraction of sp³-hybridized carbons (Fsp3) is 0.182. The summed E-state index contributed by atoms with van der Waals surface area (Å²) in [6.45, 7) is 2.14. The molecule has 0 aliphatic rings. The highest BCUT2D eigenvalue weighted by molar-refractivity contribution is 9.10. The van der Waals surface area contributed by atoms with Crippen LogP contribution in [0.3, 0.4) is 0 Å². The molecule has 1 aromatic carbocycles. The predicted octanol–water partition coefficient (Wildman–Crippen LogP) is 3.67. The number of nitrogens with zero attached hydrogens (tertiary/aromatic N) is 1. The number of benzene rings is 1. The van der Waals surface area contributed by atoms with Gasteiger partial charge in [0.05, 0.1) is 0 Å². The topological polar surface area (TPSA) is 26.0 Å². The van der Waals surface area contributed by atoms with E-state index in [2.05, 4.69) is 52.1 Å². The maximum atomic E-state index is 5.08. The molecule has 0 unspecified atom stereocenters. The third-order valence-electron chi connectivity index (χ3n) is 2.13. The third-order valence-corrected chi connectivity index (χ3v) is 2.50. The molecule has 0 spiro atoms. The summed E-state index contributed by atoms with van der Waals surface area (Å²) in [5.41, 5.74) is 3.27. The molecule has 0 atom stereocenters. The van der Waals surface area contributed by atoms with Crippen molar-refractivity contribution in [3.05, 3.63) is 40.9 Å². The summed E-state index contributed by atoms with van der Waals surface area (Å²) < 4.78 is 5.08. The molecule has 1 aromatic heterocycles. The Kier molecular flexibility index (Phi) is 2.68. The van der Waals surface area contributed by atoms with Gasteiger partial charge < -0.3 is 4.42 Å². The number of hydrogen-bond acceptors (Lipinski definition) is 2. The van der Waals surface area contributed by atoms with Crippen LogP contribution in [0, 0.1) is 0 Å². The van der Waals surface area contributed by atoms with E-state index in [9.17, 15) is 0 Å². The van der Waals surface area contributed by atoms with E-state index in [1.165, 1.54) is 5.56 Å². The van der Waals surface area contributed by atoms with Crippen molar-refractivity contribution in [2.45, 2.75) is 13.3 Å². The molecule has 0 bridgehead atoms. The lowest BCUT2D eigenvalue weighted by Gasteiger charge is -1.97. The van der Waals surface area contributed by atoms with E-state index >= 15 is 0 Å². The van der Waals surface area contributed by atoms with Crippen molar-refractivity contribution >= 4 is 15.9 Å². The third kappa shape index (κ3) is 1.87. The average molecular weight is 252 g/mol. The molecule has 0 aliphatic heterocycles. The smallest absolute Gasteiger partial charge is 0.264 e. The summed E-state index contributed by atoms with van der Waals surface area (Å²) in [5.74, 6) is 0. The molecular formula is C11H10BrNO. The zero-order chi connectivity index (χ0) is 9.97. The van der Waals surface area contributed by atoms with Gasteiger partial charge >= 0.3 is 0 Å². The van der Waals surface area contributed by atoms with E-state index in [-0.39, 0.29) is 0 Å². The van der Waals surface area contributed by atoms with Gasteiger partial charge in [0.15, 0.2) is 0 Å². The van der Waals surface area contributed by atoms with Crippen LogP contribution in [-0.2, 0) is 6.42 Å². The van der Waals surface area contributed by atoms with E-state index in [1.807, 2.05) is 0 Å². The number of halogens is 1. The van der Waals surface area contributed by atoms with Gasteiger partial charge in [-0.2, -0.15) is 0 Å². The minimum atomic E-state index is 0.520. The lowest BCUT2D eigenvalue weighted by Crippen LogP contribution is -1.81. The van der Waals surface area contributed by atoms with Crippen LogP contribution in [0.5, 0.6) is 0 Å². The Labute approximate surface area is 91.1 Å². The maximum Gasteiger partial charge on any atom is 0.264 e. The Morgan fingerprint density at radius 3 is 2.50 bits per heavy atom. The summed E-state index contributed by atoms with van der Waals surface area (Å²) in [6.07, 6.45) is 2.70. The predicted molar refractivity (Wildman–Crippen MR) is 59.0 cm³/mol. The van der Waals surface area contributed by atoms with Crippen LogP contribution in [0.1, 0.15) is 12.5 Å². The van der Waals surface area contributed by atoms with Gasteiger partial charge in [0.25, 0.3) is 4.80 Å². The molecule has 0 aliphatic carbocycles. The first kappa shape index (κ1) is 9.46. The van der Waals surface area contributed by atoms with E-state index < -0.39 is 0 Å². The summed E-state index contributed by atoms with van der Waals surface area (Å²) >= 11 is 3.18. The molecule has 3 heteroatoms. The van der Waals surface area contributed by atoms with Crippen molar-refractivity contribution < 1.29 is 4.42 Å². The van der Waals surface area contributed by atoms with Gasteiger partial charge in [-0.05, 0) is 12.0 Å². The summed E-state index contributed by atoms with van der Waals surface area (Å²) in [4.78, 5) is 4.71. The number of aromatic nitrogens is 1. The molecule has 72 valence electrons. The summed E-state index contributed by atoms with van der Waals surface area (Å²) in [5, 5.41) is 0. The van der Waals surface area contributed by atoms with Gasteiger partial charge in [0, 0.05) is 21.5 Å². The first-order valence-corrected chi connectivity index (χ1v) is 5.29. The quantitative estimate of drug-likeness (QED) is 0.815. The van der Waals surface area contributed by atoms with Crippen LogP contribution >= 0.6 is 15.9 Å². The molecule has 2 rings (SSSR count). The van der Waals surface area contributed by atoms with Gasteiger partial charge in [0.1, 0.15) is 12.0 Å². The Balaban J connectivity index is 2.33. The first-order chi connectivity index (χ1) is 6.79. The Bertz CT molecular complexity index is 419. The largest absolute Gasteiger partial charge is 0.439 e. The number of aryl methyl sites for hydroxylation is 1. The molecule has 0 saturated heterocycles. The van der Waals surface area contributed by atoms with Gasteiger partial charge in [0.2, 0.25) is 0 Å². The van der Waals surface area contributed by atoms with Gasteiger partial charge in [-0.3, -0.25) is 0 Å². The highest BCUT2D eigenvalue weighted by Gasteiger charge is 2.03. The highest BCUT2D eigenvalue weighted by atomic mass is 79.9. The molecule has 0 fully saturated rings. The second kappa shape index (κ2) is 3.96. The molecule has 2 nitrogen and oxygen atoms in total. The molecule has 0 amide bonds. The average Bonchev–Trinajstić information content (AvgIpc) is 2.65. The van der Waals surface area contributed by atoms with Crippen molar-refractivity contribution in [3.8, 4) is 11.3 Å². The first-order valence-electron chi connectivity index (χ1n) is 4.50. The zero-order valence-electron chi connectivity index (χ0n) is 7.83. The minimum Gasteiger partial charge on any atom is -0.439 e. The van der Waals surface area contributed by atoms with Crippen molar-refractivity contribution in [1.82, 2.24) is 4.98 Å². The van der Waals surface area contributed by atoms with E-state index in [0.717, 1.165) is 17.7 Å². The molecular weight excluding hydrogens is 242 g/mol. The van der Waals surface area contributed by atoms with E-state index in [4.69, 9.17) is 4.42 Å². The van der Waals surface area contributed by atoms with Crippen molar-refractivity contribution in [1.29, 1.82) is 0 Å². The van der Waals surface area contributed by atoms with Crippen molar-refractivity contribution in [2.24, 2.45) is 0 Å². The normalized spacial score (nSPS) is 10.4. The SMILES string of the molecule is CCc1ccc(-c2coc(Br)n2)cc1. The van der Waals surface area contributed by atoms with Crippen molar-refractivity contribution in [3.63, 3.8) is 0 Å². The Morgan fingerprint density at radius 1 is 1.29 bits per heavy atom. The van der Waals surface area contributed by atoms with Crippen LogP contribution in [0.25, 0.3) is 11.3 Å². The summed E-state index contributed by atoms with van der Waals surface area (Å²) in [7, 11) is 0. The molecule has 0 saturated carbocycles. The van der Waals surface area contributed by atoms with Crippen LogP contribution < -0.4 is 0 Å². The molecule has 1 heterocycles. The van der Waals surface area contributed by atoms with Crippen molar-refractivity contribution in [2.75, 3.05) is 0 Å². The van der Waals surface area contributed by atoms with Crippen LogP contribution in [0.15, 0.2) is 39.7 Å². The number of rotatable bonds is 2. The monoisotopic (exact) mass is 251 g/mol. The van der Waals surface area contributed by atoms with Gasteiger partial charge in [-0.25, -0.2) is 4.98 Å². The summed E-state index contributed by atoms with van der Waals surface area (Å²) in [6, 6.07) is 8.34. The lowest BCUT2D eigenvalue weighted by atomic mass is 10.1. The van der Waals surface area contributed by atoms with Crippen LogP contribution in [0.4, 0.5) is 0 Å². The zero-order valence-corrected chi connectivity index (χ0v) is 9.41. The molecule has 2 aromatic rings. The van der Waals surface area contributed by atoms with Gasteiger partial charge in [-0.1, -0.05) is 31.2 Å². The number of hydrogen-bond donors (Lipinski definition) is 0. The molecule has 0 radical (unpaired) electrons. The van der Waals surface area contributed by atoms with Crippen LogP contribution in [-0.4, -0.2) is 4.98 Å². The van der Waals surface area contributed by atoms with Crippen LogP contribution in [0.2, 0.25) is 0 Å². The second-order valence-electron chi connectivity index (χ2n) is 3.04. The fourth-order valence-electron chi connectivity index (χ4n) is 1.30. The van der Waals surface area contributed by atoms with E-state index in [1.54, 1.807) is 6.26 Å². The standard InChI is InChI=1S/C11H10BrNO/c1-2-8-3-5-9(6-4-8)10-7-14-11(12)13-10/h3-7H,2H2,1H3. The fourth-order valence-corrected chi connectivity index (χ4v) is 1.58. The molecule has 0 N–H and O–H groups in total. The maximum absolute atomic E-state index is 5.08. The second-order valence-corrected chi connectivity index (χ2v) is 3.71. The number of oxazole rings is 1. The lowest BCUT2D eigenvalue weighted by molar-refractivity contribution is 0.529. The Hall–Kier alpha value is -1.09. The van der Waals surface area contributed by atoms with E-state index in [0.29, 0.717) is 4.80 Å². The minimum absolute atomic E-state index is 0.520. The Morgan fingerprint density at radius 2 is 2.00 bits per heavy atom. The van der Waals surface area contributed by atoms with Gasteiger partial charge in [-0.15, -0.1) is 0 Å². The highest BCUT2D eigenvalue weighted by Crippen LogP contribution is 2.21. The molecule has 14 heavy (non-hydrogen) atoms.